The molecular formula is C11H12F3NO2S. The van der Waals surface area contributed by atoms with E-state index in [9.17, 15) is 21.6 Å². The number of hydrogen-bond acceptors (Lipinski definition) is 2. The Morgan fingerprint density at radius 3 is 2.44 bits per heavy atom. The molecule has 18 heavy (non-hydrogen) atoms. The zero-order valence-electron chi connectivity index (χ0n) is 9.66. The average molecular weight is 279 g/mol. The highest BCUT2D eigenvalue weighted by molar-refractivity contribution is 7.88. The summed E-state index contributed by atoms with van der Waals surface area (Å²) in [4.78, 5) is 0. The first kappa shape index (κ1) is 13.4. The van der Waals surface area contributed by atoms with E-state index >= 15 is 0 Å². The van der Waals surface area contributed by atoms with Crippen LogP contribution in [0.5, 0.6) is 0 Å². The van der Waals surface area contributed by atoms with Crippen LogP contribution in [0.25, 0.3) is 0 Å². The smallest absolute Gasteiger partial charge is 0.212 e. The maximum absolute atomic E-state index is 12.6. The van der Waals surface area contributed by atoms with Gasteiger partial charge in [0.05, 0.1) is 11.8 Å². The van der Waals surface area contributed by atoms with Crippen LogP contribution in [0.4, 0.5) is 13.2 Å². The van der Waals surface area contributed by atoms with Crippen LogP contribution in [0.15, 0.2) is 18.2 Å². The van der Waals surface area contributed by atoms with E-state index in [0.717, 1.165) is 24.0 Å². The van der Waals surface area contributed by atoms with Crippen LogP contribution in [0.3, 0.4) is 0 Å². The van der Waals surface area contributed by atoms with Gasteiger partial charge in [-0.05, 0) is 29.7 Å². The highest BCUT2D eigenvalue weighted by Gasteiger charge is 2.32. The van der Waals surface area contributed by atoms with E-state index in [1.165, 1.54) is 10.4 Å². The van der Waals surface area contributed by atoms with E-state index < -0.39 is 21.8 Å². The Morgan fingerprint density at radius 2 is 1.89 bits per heavy atom. The van der Waals surface area contributed by atoms with Crippen LogP contribution in [-0.2, 0) is 29.2 Å². The molecule has 2 rings (SSSR count). The third kappa shape index (κ3) is 2.67. The number of halogens is 3. The van der Waals surface area contributed by atoms with Crippen molar-refractivity contribution in [2.45, 2.75) is 19.1 Å². The van der Waals surface area contributed by atoms with Crippen molar-refractivity contribution in [1.29, 1.82) is 0 Å². The zero-order chi connectivity index (χ0) is 13.6. The van der Waals surface area contributed by atoms with Crippen molar-refractivity contribution in [2.24, 2.45) is 0 Å². The van der Waals surface area contributed by atoms with Crippen LogP contribution in [0.1, 0.15) is 16.7 Å². The summed E-state index contributed by atoms with van der Waals surface area (Å²) in [6.45, 7) is 0.329. The van der Waals surface area contributed by atoms with Gasteiger partial charge in [-0.1, -0.05) is 6.07 Å². The molecule has 3 nitrogen and oxygen atoms in total. The lowest BCUT2D eigenvalue weighted by Gasteiger charge is -2.27. The van der Waals surface area contributed by atoms with Gasteiger partial charge >= 0.3 is 6.18 Å². The van der Waals surface area contributed by atoms with Gasteiger partial charge in [-0.2, -0.15) is 17.5 Å². The summed E-state index contributed by atoms with van der Waals surface area (Å²) in [5.41, 5.74) is 0.473. The molecule has 0 aromatic heterocycles. The first-order valence-corrected chi connectivity index (χ1v) is 7.17. The molecule has 7 heteroatoms. The van der Waals surface area contributed by atoms with Crippen molar-refractivity contribution in [3.8, 4) is 0 Å². The summed E-state index contributed by atoms with van der Waals surface area (Å²) >= 11 is 0. The molecule has 0 atom stereocenters. The van der Waals surface area contributed by atoms with Crippen molar-refractivity contribution in [3.05, 3.63) is 34.9 Å². The Bertz CT molecular complexity index is 566. The molecule has 1 aromatic carbocycles. The van der Waals surface area contributed by atoms with E-state index in [1.807, 2.05) is 0 Å². The highest BCUT2D eigenvalue weighted by atomic mass is 32.2. The van der Waals surface area contributed by atoms with Crippen molar-refractivity contribution in [1.82, 2.24) is 4.31 Å². The molecule has 0 N–H and O–H groups in total. The maximum Gasteiger partial charge on any atom is 0.416 e. The van der Waals surface area contributed by atoms with Crippen molar-refractivity contribution >= 4 is 10.0 Å². The molecule has 0 amide bonds. The van der Waals surface area contributed by atoms with Crippen LogP contribution < -0.4 is 0 Å². The summed E-state index contributed by atoms with van der Waals surface area (Å²) in [5.74, 6) is 0. The van der Waals surface area contributed by atoms with Crippen molar-refractivity contribution in [2.75, 3.05) is 12.8 Å². The van der Waals surface area contributed by atoms with Crippen molar-refractivity contribution in [3.63, 3.8) is 0 Å². The Balaban J connectivity index is 2.36. The standard InChI is InChI=1S/C11H12F3NO2S/c1-18(16,17)15-5-4-8-2-3-10(11(12,13)14)6-9(8)7-15/h2-3,6H,4-5,7H2,1H3. The third-order valence-corrected chi connectivity index (χ3v) is 4.23. The topological polar surface area (TPSA) is 37.4 Å². The SMILES string of the molecule is CS(=O)(=O)N1CCc2ccc(C(F)(F)F)cc2C1. The third-order valence-electron chi connectivity index (χ3n) is 2.98. The second-order valence-electron chi connectivity index (χ2n) is 4.33. The van der Waals surface area contributed by atoms with Crippen LogP contribution in [0, 0.1) is 0 Å². The molecule has 0 saturated heterocycles. The fraction of sp³-hybridized carbons (Fsp3) is 0.455. The summed E-state index contributed by atoms with van der Waals surface area (Å²) in [6, 6.07) is 3.50. The molecule has 0 saturated carbocycles. The lowest BCUT2D eigenvalue weighted by atomic mass is 9.98. The fourth-order valence-corrected chi connectivity index (χ4v) is 2.79. The van der Waals surface area contributed by atoms with Gasteiger partial charge < -0.3 is 0 Å². The minimum atomic E-state index is -4.40. The van der Waals surface area contributed by atoms with E-state index in [-0.39, 0.29) is 6.54 Å². The van der Waals surface area contributed by atoms with Gasteiger partial charge in [0, 0.05) is 13.1 Å². The molecule has 1 aliphatic rings. The average Bonchev–Trinajstić information content (AvgIpc) is 2.25. The predicted molar refractivity (Wildman–Crippen MR) is 60.4 cm³/mol. The molecule has 1 aliphatic heterocycles. The monoisotopic (exact) mass is 279 g/mol. The molecule has 0 unspecified atom stereocenters. The van der Waals surface area contributed by atoms with Crippen LogP contribution in [-0.4, -0.2) is 25.5 Å². The Labute approximate surface area is 103 Å². The lowest BCUT2D eigenvalue weighted by molar-refractivity contribution is -0.137. The van der Waals surface area contributed by atoms with E-state index in [0.29, 0.717) is 18.5 Å². The first-order valence-electron chi connectivity index (χ1n) is 5.32. The van der Waals surface area contributed by atoms with Gasteiger partial charge in [-0.3, -0.25) is 0 Å². The normalized spacial score (nSPS) is 17.6. The number of benzene rings is 1. The molecule has 100 valence electrons. The predicted octanol–water partition coefficient (Wildman–Crippen LogP) is 2.02. The largest absolute Gasteiger partial charge is 0.416 e. The molecule has 0 radical (unpaired) electrons. The van der Waals surface area contributed by atoms with Gasteiger partial charge in [0.1, 0.15) is 0 Å². The Morgan fingerprint density at radius 1 is 1.22 bits per heavy atom. The number of nitrogens with zero attached hydrogens (tertiary/aromatic N) is 1. The van der Waals surface area contributed by atoms with Crippen LogP contribution in [0.2, 0.25) is 0 Å². The molecule has 0 fully saturated rings. The minimum absolute atomic E-state index is 0.0120. The van der Waals surface area contributed by atoms with Gasteiger partial charge in [0.25, 0.3) is 0 Å². The quantitative estimate of drug-likeness (QED) is 0.788. The number of alkyl halides is 3. The maximum atomic E-state index is 12.6. The van der Waals surface area contributed by atoms with Crippen molar-refractivity contribution < 1.29 is 21.6 Å². The van der Waals surface area contributed by atoms with E-state index in [4.69, 9.17) is 0 Å². The van der Waals surface area contributed by atoms with Gasteiger partial charge in [0.2, 0.25) is 10.0 Å². The lowest BCUT2D eigenvalue weighted by Crippen LogP contribution is -2.35. The second kappa shape index (κ2) is 4.24. The Kier molecular flexibility index (Phi) is 3.14. The summed E-state index contributed by atoms with van der Waals surface area (Å²) in [5, 5.41) is 0. The van der Waals surface area contributed by atoms with E-state index in [1.54, 1.807) is 0 Å². The van der Waals surface area contributed by atoms with Gasteiger partial charge in [-0.25, -0.2) is 8.42 Å². The second-order valence-corrected chi connectivity index (χ2v) is 6.31. The van der Waals surface area contributed by atoms with E-state index in [2.05, 4.69) is 0 Å². The number of sulfonamides is 1. The number of rotatable bonds is 1. The fourth-order valence-electron chi connectivity index (χ4n) is 1.99. The molecular weight excluding hydrogens is 267 g/mol. The first-order chi connectivity index (χ1) is 8.18. The summed E-state index contributed by atoms with van der Waals surface area (Å²) in [6.07, 6.45) is -2.89. The van der Waals surface area contributed by atoms with Gasteiger partial charge in [0.15, 0.2) is 0 Å². The highest BCUT2D eigenvalue weighted by Crippen LogP contribution is 2.32. The minimum Gasteiger partial charge on any atom is -0.212 e. The molecule has 0 spiro atoms. The molecule has 0 aliphatic carbocycles. The Hall–Kier alpha value is -1.08. The van der Waals surface area contributed by atoms with Gasteiger partial charge in [-0.15, -0.1) is 0 Å². The molecule has 1 heterocycles. The number of hydrogen-bond donors (Lipinski definition) is 0. The van der Waals surface area contributed by atoms with Crippen LogP contribution >= 0.6 is 0 Å². The summed E-state index contributed by atoms with van der Waals surface area (Å²) < 4.78 is 61.6. The summed E-state index contributed by atoms with van der Waals surface area (Å²) in [7, 11) is -3.36. The molecule has 0 bridgehead atoms. The number of fused-ring (bicyclic) bond motifs is 1. The zero-order valence-corrected chi connectivity index (χ0v) is 10.5. The molecule has 1 aromatic rings.